The van der Waals surface area contributed by atoms with Crippen molar-refractivity contribution in [1.82, 2.24) is 9.55 Å². The first-order valence-electron chi connectivity index (χ1n) is 12.1. The summed E-state index contributed by atoms with van der Waals surface area (Å²) in [6.07, 6.45) is 1.91. The first kappa shape index (κ1) is 26.0. The van der Waals surface area contributed by atoms with Gasteiger partial charge in [-0.3, -0.25) is 14.2 Å². The van der Waals surface area contributed by atoms with Gasteiger partial charge < -0.3 is 10.1 Å². The summed E-state index contributed by atoms with van der Waals surface area (Å²) < 4.78 is 7.19. The molecule has 4 rings (SSSR count). The molecule has 1 amide bonds. The second-order valence-corrected chi connectivity index (χ2v) is 10.7. The van der Waals surface area contributed by atoms with Crippen molar-refractivity contribution in [1.29, 1.82) is 0 Å². The van der Waals surface area contributed by atoms with E-state index >= 15 is 0 Å². The maximum absolute atomic E-state index is 13.8. The molecule has 8 heteroatoms. The van der Waals surface area contributed by atoms with Crippen LogP contribution in [0.3, 0.4) is 0 Å². The average molecular weight is 522 g/mol. The molecule has 0 saturated carbocycles. The van der Waals surface area contributed by atoms with Crippen LogP contribution in [0.15, 0.2) is 52.4 Å². The quantitative estimate of drug-likeness (QED) is 0.202. The highest BCUT2D eigenvalue weighted by atomic mass is 32.2. The van der Waals surface area contributed by atoms with E-state index in [0.29, 0.717) is 22.8 Å². The molecule has 6 nitrogen and oxygen atoms in total. The molecule has 0 aliphatic carbocycles. The Hall–Kier alpha value is -3.10. The van der Waals surface area contributed by atoms with Crippen LogP contribution in [0.1, 0.15) is 41.8 Å². The van der Waals surface area contributed by atoms with Crippen molar-refractivity contribution in [3.8, 4) is 11.4 Å². The number of ether oxygens (including phenoxy) is 1. The Labute approximate surface area is 219 Å². The minimum atomic E-state index is -0.140. The zero-order chi connectivity index (χ0) is 25.8. The number of para-hydroxylation sites is 1. The number of nitrogens with zero attached hydrogens (tertiary/aromatic N) is 2. The Bertz CT molecular complexity index is 1440. The molecule has 0 unspecified atom stereocenters. The van der Waals surface area contributed by atoms with E-state index in [1.165, 1.54) is 16.6 Å². The van der Waals surface area contributed by atoms with Crippen molar-refractivity contribution in [3.63, 3.8) is 0 Å². The second kappa shape index (κ2) is 11.3. The number of carbonyl (C=O) groups excluding carboxylic acids is 1. The van der Waals surface area contributed by atoms with Gasteiger partial charge >= 0.3 is 0 Å². The van der Waals surface area contributed by atoms with Gasteiger partial charge in [0.25, 0.3) is 5.56 Å². The number of anilines is 1. The Morgan fingerprint density at radius 1 is 1.08 bits per heavy atom. The standard InChI is InChI=1S/C28H31N3O3S2/c1-6-9-22-19(5)24-26(36-22)30-28(31(27(24)33)20-12-14-21(15-13-20)34-7-2)35-16-23(32)29-25-17(3)10-8-11-18(25)4/h8,10-15H,6-7,9,16H2,1-5H3,(H,29,32). The summed E-state index contributed by atoms with van der Waals surface area (Å²) in [5.41, 5.74) is 4.43. The van der Waals surface area contributed by atoms with Crippen LogP contribution in [-0.2, 0) is 11.2 Å². The zero-order valence-corrected chi connectivity index (χ0v) is 22.9. The normalized spacial score (nSPS) is 11.1. The number of thiophene rings is 1. The lowest BCUT2D eigenvalue weighted by molar-refractivity contribution is -0.113. The average Bonchev–Trinajstić information content (AvgIpc) is 3.16. The van der Waals surface area contributed by atoms with E-state index in [4.69, 9.17) is 9.72 Å². The van der Waals surface area contributed by atoms with E-state index in [2.05, 4.69) is 12.2 Å². The molecule has 4 aromatic rings. The molecule has 0 saturated heterocycles. The van der Waals surface area contributed by atoms with Gasteiger partial charge in [0.05, 0.1) is 23.4 Å². The van der Waals surface area contributed by atoms with Crippen LogP contribution >= 0.6 is 23.1 Å². The minimum Gasteiger partial charge on any atom is -0.494 e. The number of hydrogen-bond acceptors (Lipinski definition) is 6. The van der Waals surface area contributed by atoms with Gasteiger partial charge in [0.15, 0.2) is 5.16 Å². The Morgan fingerprint density at radius 2 is 1.78 bits per heavy atom. The number of fused-ring (bicyclic) bond motifs is 1. The van der Waals surface area contributed by atoms with Gasteiger partial charge in [0, 0.05) is 10.6 Å². The summed E-state index contributed by atoms with van der Waals surface area (Å²) in [4.78, 5) is 33.5. The van der Waals surface area contributed by atoms with Crippen molar-refractivity contribution in [3.05, 3.63) is 74.4 Å². The highest BCUT2D eigenvalue weighted by Gasteiger charge is 2.20. The van der Waals surface area contributed by atoms with Crippen LogP contribution in [0, 0.1) is 20.8 Å². The first-order valence-corrected chi connectivity index (χ1v) is 13.9. The molecule has 188 valence electrons. The van der Waals surface area contributed by atoms with E-state index < -0.39 is 0 Å². The number of aryl methyl sites for hydroxylation is 4. The predicted octanol–water partition coefficient (Wildman–Crippen LogP) is 6.45. The lowest BCUT2D eigenvalue weighted by atomic mass is 10.1. The van der Waals surface area contributed by atoms with Crippen LogP contribution < -0.4 is 15.6 Å². The number of amides is 1. The number of carbonyl (C=O) groups is 1. The zero-order valence-electron chi connectivity index (χ0n) is 21.3. The molecule has 2 aromatic carbocycles. The van der Waals surface area contributed by atoms with Gasteiger partial charge in [-0.2, -0.15) is 0 Å². The number of benzene rings is 2. The molecule has 0 atom stereocenters. The molecule has 0 bridgehead atoms. The Kier molecular flexibility index (Phi) is 8.16. The van der Waals surface area contributed by atoms with Crippen LogP contribution in [0.5, 0.6) is 5.75 Å². The fourth-order valence-corrected chi connectivity index (χ4v) is 6.31. The van der Waals surface area contributed by atoms with Crippen LogP contribution in [0.4, 0.5) is 5.69 Å². The molecule has 0 fully saturated rings. The minimum absolute atomic E-state index is 0.113. The molecular weight excluding hydrogens is 490 g/mol. The molecule has 0 radical (unpaired) electrons. The molecular formula is C28H31N3O3S2. The topological polar surface area (TPSA) is 73.2 Å². The lowest BCUT2D eigenvalue weighted by Crippen LogP contribution is -2.23. The molecule has 2 aromatic heterocycles. The van der Waals surface area contributed by atoms with Gasteiger partial charge in [0.1, 0.15) is 10.6 Å². The van der Waals surface area contributed by atoms with Gasteiger partial charge in [-0.15, -0.1) is 11.3 Å². The van der Waals surface area contributed by atoms with Crippen molar-refractivity contribution < 1.29 is 9.53 Å². The summed E-state index contributed by atoms with van der Waals surface area (Å²) in [6, 6.07) is 13.3. The maximum Gasteiger partial charge on any atom is 0.267 e. The van der Waals surface area contributed by atoms with Crippen LogP contribution in [0.25, 0.3) is 15.9 Å². The highest BCUT2D eigenvalue weighted by molar-refractivity contribution is 7.99. The van der Waals surface area contributed by atoms with Crippen molar-refractivity contribution in [2.45, 2.75) is 52.6 Å². The maximum atomic E-state index is 13.8. The molecule has 1 N–H and O–H groups in total. The molecule has 0 aliphatic rings. The van der Waals surface area contributed by atoms with Crippen LogP contribution in [-0.4, -0.2) is 27.8 Å². The van der Waals surface area contributed by atoms with Gasteiger partial charge in [-0.05, 0) is 75.1 Å². The number of nitrogens with one attached hydrogen (secondary N) is 1. The van der Waals surface area contributed by atoms with E-state index in [9.17, 15) is 9.59 Å². The summed E-state index contributed by atoms with van der Waals surface area (Å²) >= 11 is 2.84. The van der Waals surface area contributed by atoms with E-state index in [1.54, 1.807) is 15.9 Å². The van der Waals surface area contributed by atoms with Gasteiger partial charge in [0.2, 0.25) is 5.91 Å². The predicted molar refractivity (Wildman–Crippen MR) is 150 cm³/mol. The molecule has 0 aliphatic heterocycles. The Balaban J connectivity index is 1.72. The third-order valence-corrected chi connectivity index (χ3v) is 8.18. The summed E-state index contributed by atoms with van der Waals surface area (Å²) in [6.45, 7) is 10.6. The van der Waals surface area contributed by atoms with Crippen molar-refractivity contribution in [2.75, 3.05) is 17.7 Å². The number of hydrogen-bond donors (Lipinski definition) is 1. The van der Waals surface area contributed by atoms with Gasteiger partial charge in [-0.25, -0.2) is 4.98 Å². The highest BCUT2D eigenvalue weighted by Crippen LogP contribution is 2.31. The molecule has 0 spiro atoms. The fourth-order valence-electron chi connectivity index (χ4n) is 4.18. The fraction of sp³-hybridized carbons (Fsp3) is 0.321. The van der Waals surface area contributed by atoms with E-state index in [0.717, 1.165) is 45.8 Å². The van der Waals surface area contributed by atoms with E-state index in [1.807, 2.05) is 70.2 Å². The lowest BCUT2D eigenvalue weighted by Gasteiger charge is -2.14. The summed E-state index contributed by atoms with van der Waals surface area (Å²) in [7, 11) is 0. The monoisotopic (exact) mass is 521 g/mol. The number of thioether (sulfide) groups is 1. The number of rotatable bonds is 9. The van der Waals surface area contributed by atoms with Crippen molar-refractivity contribution >= 4 is 44.9 Å². The summed E-state index contributed by atoms with van der Waals surface area (Å²) in [5.74, 6) is 0.732. The first-order chi connectivity index (χ1) is 17.3. The van der Waals surface area contributed by atoms with Crippen molar-refractivity contribution in [2.24, 2.45) is 0 Å². The molecule has 36 heavy (non-hydrogen) atoms. The molecule has 2 heterocycles. The SMILES string of the molecule is CCCc1sc2nc(SCC(=O)Nc3c(C)cccc3C)n(-c3ccc(OCC)cc3)c(=O)c2c1C. The Morgan fingerprint density at radius 3 is 2.42 bits per heavy atom. The largest absolute Gasteiger partial charge is 0.494 e. The second-order valence-electron chi connectivity index (χ2n) is 8.65. The van der Waals surface area contributed by atoms with Crippen LogP contribution in [0.2, 0.25) is 0 Å². The number of aromatic nitrogens is 2. The smallest absolute Gasteiger partial charge is 0.267 e. The van der Waals surface area contributed by atoms with E-state index in [-0.39, 0.29) is 17.2 Å². The third-order valence-electron chi connectivity index (χ3n) is 5.99. The third kappa shape index (κ3) is 5.34. The summed E-state index contributed by atoms with van der Waals surface area (Å²) in [5, 5.41) is 4.17. The van der Waals surface area contributed by atoms with Gasteiger partial charge in [-0.1, -0.05) is 43.3 Å².